The molecule has 0 aliphatic rings. The first-order valence-corrected chi connectivity index (χ1v) is 4.94. The van der Waals surface area contributed by atoms with Gasteiger partial charge in [0.2, 0.25) is 0 Å². The van der Waals surface area contributed by atoms with Crippen LogP contribution >= 0.6 is 0 Å². The first kappa shape index (κ1) is 22.7. The molecule has 0 aliphatic heterocycles. The van der Waals surface area contributed by atoms with Gasteiger partial charge in [-0.2, -0.15) is 0 Å². The van der Waals surface area contributed by atoms with Gasteiger partial charge in [0.25, 0.3) is 0 Å². The number of carbonyl (C=O) groups excluding carboxylic acids is 2. The molecule has 0 bridgehead atoms. The summed E-state index contributed by atoms with van der Waals surface area (Å²) in [7, 11) is 0. The Morgan fingerprint density at radius 1 is 1.12 bits per heavy atom. The van der Waals surface area contributed by atoms with Gasteiger partial charge in [0.15, 0.2) is 0 Å². The van der Waals surface area contributed by atoms with Crippen LogP contribution in [0.3, 0.4) is 0 Å². The molecular weight excluding hydrogens is 246 g/mol. The molecule has 1 atom stereocenters. The molecule has 0 aromatic heterocycles. The van der Waals surface area contributed by atoms with Crippen LogP contribution in [0, 0.1) is 11.8 Å². The summed E-state index contributed by atoms with van der Waals surface area (Å²) in [6, 6.07) is 0. The summed E-state index contributed by atoms with van der Waals surface area (Å²) in [6.07, 6.45) is 2.67. The normalized spacial score (nSPS) is 11.2. The molecule has 0 heterocycles. The number of rotatable bonds is 7. The topological polar surface area (TPSA) is 80.3 Å². The van der Waals surface area contributed by atoms with Crippen molar-refractivity contribution in [2.45, 2.75) is 39.5 Å². The predicted octanol–water partition coefficient (Wildman–Crippen LogP) is -6.67. The van der Waals surface area contributed by atoms with Crippen molar-refractivity contribution in [1.82, 2.24) is 0 Å². The molecule has 0 amide bonds. The molecular formula is C10H16KNaO4. The molecule has 0 aliphatic carbocycles. The number of carboxylic acids is 2. The average Bonchev–Trinajstić information content (AvgIpc) is 2.10. The van der Waals surface area contributed by atoms with Crippen molar-refractivity contribution in [2.24, 2.45) is 11.8 Å². The molecule has 0 aromatic rings. The molecule has 4 nitrogen and oxygen atoms in total. The van der Waals surface area contributed by atoms with Gasteiger partial charge in [-0.3, -0.25) is 0 Å². The third-order valence-electron chi connectivity index (χ3n) is 2.41. The van der Waals surface area contributed by atoms with Crippen LogP contribution < -0.4 is 91.2 Å². The number of hydrogen-bond donors (Lipinski definition) is 0. The van der Waals surface area contributed by atoms with Crippen LogP contribution in [0.15, 0.2) is 0 Å². The zero-order valence-corrected chi connectivity index (χ0v) is 15.7. The number of carboxylic acid groups (broad SMARTS) is 2. The first-order valence-electron chi connectivity index (χ1n) is 4.94. The maximum absolute atomic E-state index is 10.5. The van der Waals surface area contributed by atoms with Crippen molar-refractivity contribution >= 4 is 11.9 Å². The van der Waals surface area contributed by atoms with Gasteiger partial charge < -0.3 is 19.8 Å². The monoisotopic (exact) mass is 262 g/mol. The fraction of sp³-hybridized carbons (Fsp3) is 0.800. The van der Waals surface area contributed by atoms with Crippen LogP contribution in [0.5, 0.6) is 0 Å². The van der Waals surface area contributed by atoms with Gasteiger partial charge in [0.1, 0.15) is 0 Å². The Labute approximate surface area is 161 Å². The van der Waals surface area contributed by atoms with E-state index in [0.29, 0.717) is 0 Å². The van der Waals surface area contributed by atoms with E-state index in [4.69, 9.17) is 0 Å². The Bertz CT molecular complexity index is 197. The van der Waals surface area contributed by atoms with Crippen molar-refractivity contribution in [3.8, 4) is 0 Å². The molecule has 6 heteroatoms. The summed E-state index contributed by atoms with van der Waals surface area (Å²) >= 11 is 0. The van der Waals surface area contributed by atoms with Crippen molar-refractivity contribution in [2.75, 3.05) is 0 Å². The van der Waals surface area contributed by atoms with E-state index in [0.717, 1.165) is 19.3 Å². The Morgan fingerprint density at radius 2 is 1.56 bits per heavy atom. The minimum absolute atomic E-state index is 0. The van der Waals surface area contributed by atoms with E-state index in [1.54, 1.807) is 0 Å². The summed E-state index contributed by atoms with van der Waals surface area (Å²) in [4.78, 5) is 20.9. The number of carbonyl (C=O) groups is 2. The molecule has 0 rings (SSSR count). The second-order valence-electron chi connectivity index (χ2n) is 3.49. The van der Waals surface area contributed by atoms with Gasteiger partial charge in [-0.15, -0.1) is 0 Å². The Kier molecular flexibility index (Phi) is 18.5. The standard InChI is InChI=1S/C10H18O4.K.Na/c1-3-5-7(4-2)6-8(9(11)12)10(13)14;;/h7-8H,3-6H2,1-2H3,(H,11,12)(H,13,14);;/q;2*+1/p-2. The van der Waals surface area contributed by atoms with Crippen molar-refractivity contribution in [3.05, 3.63) is 0 Å². The smallest absolute Gasteiger partial charge is 0.549 e. The first-order chi connectivity index (χ1) is 6.52. The maximum Gasteiger partial charge on any atom is 1.00 e. The second kappa shape index (κ2) is 13.0. The molecule has 0 N–H and O–H groups in total. The fourth-order valence-electron chi connectivity index (χ4n) is 1.52. The zero-order valence-electron chi connectivity index (χ0n) is 10.6. The van der Waals surface area contributed by atoms with Crippen LogP contribution in [0.25, 0.3) is 0 Å². The van der Waals surface area contributed by atoms with Gasteiger partial charge in [0, 0.05) is 5.92 Å². The Morgan fingerprint density at radius 3 is 1.81 bits per heavy atom. The van der Waals surface area contributed by atoms with Gasteiger partial charge in [-0.1, -0.05) is 33.1 Å². The molecule has 0 fully saturated rings. The van der Waals surface area contributed by atoms with E-state index in [9.17, 15) is 19.8 Å². The van der Waals surface area contributed by atoms with Crippen LogP contribution in [0.4, 0.5) is 0 Å². The van der Waals surface area contributed by atoms with Gasteiger partial charge in [-0.25, -0.2) is 0 Å². The van der Waals surface area contributed by atoms with Crippen molar-refractivity contribution in [3.63, 3.8) is 0 Å². The van der Waals surface area contributed by atoms with E-state index in [1.165, 1.54) is 0 Å². The van der Waals surface area contributed by atoms with E-state index < -0.39 is 17.9 Å². The maximum atomic E-state index is 10.5. The molecule has 16 heavy (non-hydrogen) atoms. The fourth-order valence-corrected chi connectivity index (χ4v) is 1.52. The largest absolute Gasteiger partial charge is 1.00 e. The van der Waals surface area contributed by atoms with E-state index >= 15 is 0 Å². The molecule has 0 saturated heterocycles. The number of hydrogen-bond acceptors (Lipinski definition) is 4. The molecule has 1 unspecified atom stereocenters. The van der Waals surface area contributed by atoms with E-state index in [-0.39, 0.29) is 93.3 Å². The molecule has 0 spiro atoms. The van der Waals surface area contributed by atoms with Gasteiger partial charge in [-0.05, 0) is 12.3 Å². The van der Waals surface area contributed by atoms with E-state index in [1.807, 2.05) is 13.8 Å². The summed E-state index contributed by atoms with van der Waals surface area (Å²) in [5.41, 5.74) is 0. The van der Waals surface area contributed by atoms with Crippen LogP contribution in [-0.4, -0.2) is 11.9 Å². The van der Waals surface area contributed by atoms with E-state index in [2.05, 4.69) is 0 Å². The molecule has 0 aromatic carbocycles. The van der Waals surface area contributed by atoms with Crippen molar-refractivity contribution in [1.29, 1.82) is 0 Å². The molecule has 82 valence electrons. The zero-order chi connectivity index (χ0) is 11.1. The summed E-state index contributed by atoms with van der Waals surface area (Å²) in [6.45, 7) is 3.90. The SMILES string of the molecule is CCCC(CC)CC(C(=O)[O-])C(=O)[O-].[K+].[Na+]. The molecule has 0 radical (unpaired) electrons. The van der Waals surface area contributed by atoms with Gasteiger partial charge in [0.05, 0.1) is 11.9 Å². The van der Waals surface area contributed by atoms with Crippen molar-refractivity contribution < 1.29 is 101 Å². The third-order valence-corrected chi connectivity index (χ3v) is 2.41. The quantitative estimate of drug-likeness (QED) is 0.337. The third kappa shape index (κ3) is 9.59. The minimum Gasteiger partial charge on any atom is -0.549 e. The predicted molar refractivity (Wildman–Crippen MR) is 46.8 cm³/mol. The summed E-state index contributed by atoms with van der Waals surface area (Å²) < 4.78 is 0. The Balaban J connectivity index is -0.000000845. The Hall–Kier alpha value is 1.58. The minimum atomic E-state index is -1.54. The van der Waals surface area contributed by atoms with Crippen LogP contribution in [-0.2, 0) is 9.59 Å². The van der Waals surface area contributed by atoms with Crippen LogP contribution in [0.1, 0.15) is 39.5 Å². The van der Waals surface area contributed by atoms with Crippen LogP contribution in [0.2, 0.25) is 0 Å². The second-order valence-corrected chi connectivity index (χ2v) is 3.49. The summed E-state index contributed by atoms with van der Waals surface area (Å²) in [5.74, 6) is -4.42. The summed E-state index contributed by atoms with van der Waals surface area (Å²) in [5, 5.41) is 20.9. The average molecular weight is 262 g/mol. The number of aliphatic carboxylic acids is 2. The molecule has 0 saturated carbocycles. The van der Waals surface area contributed by atoms with Gasteiger partial charge >= 0.3 is 80.9 Å².